The number of aryl methyl sites for hydroxylation is 1. The zero-order valence-electron chi connectivity index (χ0n) is 14.0. The second-order valence-electron chi connectivity index (χ2n) is 5.85. The number of aromatic amines is 2. The molecule has 0 saturated carbocycles. The summed E-state index contributed by atoms with van der Waals surface area (Å²) in [5.74, 6) is 0.226. The summed E-state index contributed by atoms with van der Waals surface area (Å²) in [4.78, 5) is 3.31. The number of fused-ring (bicyclic) bond motifs is 1. The molecule has 7 heteroatoms. The molecule has 5 nitrogen and oxygen atoms in total. The van der Waals surface area contributed by atoms with Gasteiger partial charge in [0, 0.05) is 28.2 Å². The molecule has 130 valence electrons. The number of rotatable bonds is 4. The molecular weight excluding hydrogens is 349 g/mol. The Morgan fingerprint density at radius 2 is 2.04 bits per heavy atom. The maximum absolute atomic E-state index is 13.2. The first-order chi connectivity index (χ1) is 12.7. The van der Waals surface area contributed by atoms with Crippen LogP contribution in [0.25, 0.3) is 22.3 Å². The lowest BCUT2D eigenvalue weighted by molar-refractivity contribution is 0.628. The number of benzene rings is 2. The van der Waals surface area contributed by atoms with Gasteiger partial charge in [0.2, 0.25) is 4.77 Å². The lowest BCUT2D eigenvalue weighted by Crippen LogP contribution is -1.95. The number of nitrogens with one attached hydrogen (secondary N) is 2. The van der Waals surface area contributed by atoms with Gasteiger partial charge in [0.1, 0.15) is 5.82 Å². The van der Waals surface area contributed by atoms with Crippen LogP contribution in [-0.2, 0) is 6.42 Å². The molecule has 26 heavy (non-hydrogen) atoms. The van der Waals surface area contributed by atoms with E-state index in [4.69, 9.17) is 12.2 Å². The van der Waals surface area contributed by atoms with Crippen LogP contribution < -0.4 is 0 Å². The molecule has 0 fully saturated rings. The van der Waals surface area contributed by atoms with Crippen LogP contribution in [0.2, 0.25) is 0 Å². The van der Waals surface area contributed by atoms with Gasteiger partial charge in [-0.3, -0.25) is 0 Å². The number of halogens is 1. The van der Waals surface area contributed by atoms with Crippen LogP contribution in [0.5, 0.6) is 0 Å². The van der Waals surface area contributed by atoms with Crippen LogP contribution in [-0.4, -0.2) is 26.1 Å². The van der Waals surface area contributed by atoms with Gasteiger partial charge in [0.25, 0.3) is 0 Å². The number of para-hydroxylation sites is 1. The third kappa shape index (κ3) is 2.86. The van der Waals surface area contributed by atoms with Gasteiger partial charge in [-0.15, -0.1) is 0 Å². The Morgan fingerprint density at radius 1 is 1.23 bits per heavy atom. The number of aromatic nitrogens is 4. The molecule has 0 aliphatic rings. The average Bonchev–Trinajstić information content (AvgIpc) is 3.24. The van der Waals surface area contributed by atoms with Crippen molar-refractivity contribution in [2.45, 2.75) is 13.3 Å². The standard InChI is InChI=1S/C19H16FN5S/c1-2-12-4-3-5-16-14(10-21-17(12)16)11-22-25-18(23-24-19(25)26)13-6-8-15(20)9-7-13/h3-11,21H,2H2,1H3,(H,24,26)/b22-11+. The Labute approximate surface area is 154 Å². The lowest BCUT2D eigenvalue weighted by atomic mass is 10.1. The van der Waals surface area contributed by atoms with Crippen LogP contribution >= 0.6 is 12.2 Å². The van der Waals surface area contributed by atoms with Gasteiger partial charge in [0.15, 0.2) is 5.82 Å². The number of hydrogen-bond acceptors (Lipinski definition) is 3. The quantitative estimate of drug-likeness (QED) is 0.408. The van der Waals surface area contributed by atoms with E-state index in [1.807, 2.05) is 12.3 Å². The molecule has 0 unspecified atom stereocenters. The minimum absolute atomic E-state index is 0.302. The summed E-state index contributed by atoms with van der Waals surface area (Å²) in [6.45, 7) is 2.13. The molecule has 0 aliphatic heterocycles. The van der Waals surface area contributed by atoms with E-state index in [9.17, 15) is 4.39 Å². The van der Waals surface area contributed by atoms with Crippen LogP contribution in [0.4, 0.5) is 4.39 Å². The van der Waals surface area contributed by atoms with Crippen molar-refractivity contribution < 1.29 is 4.39 Å². The first-order valence-electron chi connectivity index (χ1n) is 8.24. The lowest BCUT2D eigenvalue weighted by Gasteiger charge is -2.01. The van der Waals surface area contributed by atoms with E-state index in [2.05, 4.69) is 39.3 Å². The molecule has 0 bridgehead atoms. The summed E-state index contributed by atoms with van der Waals surface area (Å²) in [6, 6.07) is 12.3. The minimum Gasteiger partial charge on any atom is -0.360 e. The fourth-order valence-electron chi connectivity index (χ4n) is 2.94. The van der Waals surface area contributed by atoms with Gasteiger partial charge in [0.05, 0.1) is 6.21 Å². The summed E-state index contributed by atoms with van der Waals surface area (Å²) in [5, 5.41) is 12.5. The van der Waals surface area contributed by atoms with E-state index in [-0.39, 0.29) is 5.82 Å². The number of hydrogen-bond donors (Lipinski definition) is 2. The maximum atomic E-state index is 13.2. The smallest absolute Gasteiger partial charge is 0.216 e. The van der Waals surface area contributed by atoms with Gasteiger partial charge in [-0.2, -0.15) is 14.9 Å². The molecule has 0 aliphatic carbocycles. The molecule has 4 rings (SSSR count). The van der Waals surface area contributed by atoms with Crippen molar-refractivity contribution in [2.75, 3.05) is 0 Å². The number of nitrogens with zero attached hydrogens (tertiary/aromatic N) is 3. The largest absolute Gasteiger partial charge is 0.360 e. The molecular formula is C19H16FN5S. The van der Waals surface area contributed by atoms with Crippen LogP contribution in [0.15, 0.2) is 53.8 Å². The van der Waals surface area contributed by atoms with Crippen LogP contribution in [0.3, 0.4) is 0 Å². The Kier molecular flexibility index (Phi) is 4.22. The Balaban J connectivity index is 1.76. The summed E-state index contributed by atoms with van der Waals surface area (Å²) < 4.78 is 15.1. The van der Waals surface area contributed by atoms with Crippen molar-refractivity contribution in [3.8, 4) is 11.4 Å². The molecule has 0 radical (unpaired) electrons. The second kappa shape index (κ2) is 6.68. The highest BCUT2D eigenvalue weighted by atomic mass is 32.1. The summed E-state index contributed by atoms with van der Waals surface area (Å²) in [6.07, 6.45) is 4.63. The molecule has 2 aromatic heterocycles. The Hall–Kier alpha value is -3.06. The highest BCUT2D eigenvalue weighted by Gasteiger charge is 2.09. The van der Waals surface area contributed by atoms with Gasteiger partial charge in [-0.05, 0) is 48.5 Å². The van der Waals surface area contributed by atoms with Crippen LogP contribution in [0, 0.1) is 10.6 Å². The predicted molar refractivity (Wildman–Crippen MR) is 103 cm³/mol. The van der Waals surface area contributed by atoms with E-state index < -0.39 is 0 Å². The summed E-state index contributed by atoms with van der Waals surface area (Å²) in [7, 11) is 0. The third-order valence-electron chi connectivity index (χ3n) is 4.28. The van der Waals surface area contributed by atoms with Crippen molar-refractivity contribution in [1.29, 1.82) is 0 Å². The van der Waals surface area contributed by atoms with E-state index in [1.165, 1.54) is 22.4 Å². The highest BCUT2D eigenvalue weighted by Crippen LogP contribution is 2.22. The first-order valence-corrected chi connectivity index (χ1v) is 8.65. The van der Waals surface area contributed by atoms with E-state index in [0.29, 0.717) is 10.6 Å². The maximum Gasteiger partial charge on any atom is 0.216 e. The molecule has 2 aromatic carbocycles. The van der Waals surface area contributed by atoms with E-state index >= 15 is 0 Å². The van der Waals surface area contributed by atoms with Crippen molar-refractivity contribution in [3.05, 3.63) is 70.4 Å². The van der Waals surface area contributed by atoms with Crippen LogP contribution in [0.1, 0.15) is 18.1 Å². The van der Waals surface area contributed by atoms with Gasteiger partial charge in [-0.1, -0.05) is 25.1 Å². The van der Waals surface area contributed by atoms with Crippen molar-refractivity contribution in [2.24, 2.45) is 5.10 Å². The molecule has 0 atom stereocenters. The fourth-order valence-corrected chi connectivity index (χ4v) is 3.12. The summed E-state index contributed by atoms with van der Waals surface area (Å²) >= 11 is 5.28. The van der Waals surface area contributed by atoms with Crippen molar-refractivity contribution >= 4 is 29.3 Å². The molecule has 0 amide bonds. The number of H-pyrrole nitrogens is 2. The predicted octanol–water partition coefficient (Wildman–Crippen LogP) is 4.67. The molecule has 0 spiro atoms. The van der Waals surface area contributed by atoms with E-state index in [1.54, 1.807) is 18.3 Å². The Bertz CT molecular complexity index is 1150. The SMILES string of the molecule is CCc1cccc2c(/C=N/n3c(-c4ccc(F)cc4)n[nH]c3=S)c[nH]c12. The van der Waals surface area contributed by atoms with E-state index in [0.717, 1.165) is 28.5 Å². The average molecular weight is 365 g/mol. The monoisotopic (exact) mass is 365 g/mol. The fraction of sp³-hybridized carbons (Fsp3) is 0.105. The minimum atomic E-state index is -0.302. The van der Waals surface area contributed by atoms with Gasteiger partial charge in [-0.25, -0.2) is 9.49 Å². The molecule has 2 N–H and O–H groups in total. The van der Waals surface area contributed by atoms with Gasteiger partial charge < -0.3 is 4.98 Å². The first kappa shape index (κ1) is 16.4. The summed E-state index contributed by atoms with van der Waals surface area (Å²) in [5.41, 5.74) is 4.06. The van der Waals surface area contributed by atoms with Crippen molar-refractivity contribution in [1.82, 2.24) is 19.9 Å². The molecule has 0 saturated heterocycles. The molecule has 4 aromatic rings. The zero-order valence-corrected chi connectivity index (χ0v) is 14.8. The second-order valence-corrected chi connectivity index (χ2v) is 6.24. The third-order valence-corrected chi connectivity index (χ3v) is 4.54. The van der Waals surface area contributed by atoms with Crippen molar-refractivity contribution in [3.63, 3.8) is 0 Å². The normalized spacial score (nSPS) is 11.6. The highest BCUT2D eigenvalue weighted by molar-refractivity contribution is 7.71. The Morgan fingerprint density at radius 3 is 2.81 bits per heavy atom. The topological polar surface area (TPSA) is 61.8 Å². The molecule has 2 heterocycles. The van der Waals surface area contributed by atoms with Gasteiger partial charge >= 0.3 is 0 Å². The zero-order chi connectivity index (χ0) is 18.1.